The first-order valence-electron chi connectivity index (χ1n) is 56.5. The highest BCUT2D eigenvalue weighted by atomic mass is 31.2. The van der Waals surface area contributed by atoms with Gasteiger partial charge in [0.2, 0.25) is 11.5 Å². The largest absolute Gasteiger partial charge is 0.465 e. The Morgan fingerprint density at radius 3 is 0.931 bits per heavy atom. The molecule has 8 unspecified atom stereocenters. The molecule has 130 heavy (non-hydrogen) atoms. The van der Waals surface area contributed by atoms with E-state index in [1.54, 1.807) is 0 Å². The van der Waals surface area contributed by atoms with Gasteiger partial charge in [-0.3, -0.25) is 22.6 Å². The fourth-order valence-corrected chi connectivity index (χ4v) is 28.4. The number of aliphatic hydroxyl groups is 3. The Morgan fingerprint density at radius 2 is 0.585 bits per heavy atom. The van der Waals surface area contributed by atoms with Gasteiger partial charge in [-0.1, -0.05) is 542 Å². The Labute approximate surface area is 803 Å². The summed E-state index contributed by atoms with van der Waals surface area (Å²) in [5.74, 6) is 0.742. The van der Waals surface area contributed by atoms with Crippen molar-refractivity contribution in [1.82, 2.24) is 0 Å². The van der Waals surface area contributed by atoms with E-state index in [2.05, 4.69) is 118 Å². The molecule has 0 radical (unpaired) electrons. The third-order valence-corrected chi connectivity index (χ3v) is 36.8. The van der Waals surface area contributed by atoms with E-state index in [0.717, 1.165) is 146 Å². The zero-order valence-corrected chi connectivity index (χ0v) is 88.7. The number of benzene rings is 3. The monoisotopic (exact) mass is 1870 g/mol. The summed E-state index contributed by atoms with van der Waals surface area (Å²) in [4.78, 5) is 0. The zero-order valence-electron chi connectivity index (χ0n) is 86.0. The lowest BCUT2D eigenvalue weighted by atomic mass is 9.36. The minimum Gasteiger partial charge on any atom is -0.417 e. The van der Waals surface area contributed by atoms with Crippen LogP contribution in [0.1, 0.15) is 585 Å². The zero-order chi connectivity index (χ0) is 92.6. The molecule has 0 spiro atoms. The third-order valence-electron chi connectivity index (χ3n) is 33.3. The van der Waals surface area contributed by atoms with E-state index < -0.39 is 82.6 Å². The summed E-state index contributed by atoms with van der Waals surface area (Å²) in [5, 5.41) is 37.8. The van der Waals surface area contributed by atoms with E-state index in [0.29, 0.717) is 28.6 Å². The molecule has 0 saturated carbocycles. The molecule has 0 aliphatic carbocycles. The lowest BCUT2D eigenvalue weighted by Gasteiger charge is -2.68. The molecule has 11 rings (SSSR count). The average molecular weight is 1870 g/mol. The van der Waals surface area contributed by atoms with Crippen LogP contribution in [0.3, 0.4) is 0 Å². The molecule has 3 fully saturated rings. The fourth-order valence-electron chi connectivity index (χ4n) is 24.5. The van der Waals surface area contributed by atoms with Gasteiger partial charge in [0.05, 0.1) is 36.5 Å². The van der Waals surface area contributed by atoms with Crippen molar-refractivity contribution in [2.24, 2.45) is 5.41 Å². The number of rotatable bonds is 81. The molecule has 15 heteroatoms. The van der Waals surface area contributed by atoms with Gasteiger partial charge in [0, 0.05) is 21.7 Å². The summed E-state index contributed by atoms with van der Waals surface area (Å²) in [6.45, 7) is 24.8. The van der Waals surface area contributed by atoms with Gasteiger partial charge in [0.15, 0.2) is 17.8 Å². The summed E-state index contributed by atoms with van der Waals surface area (Å²) in [6.07, 6.45) is 87.5. The van der Waals surface area contributed by atoms with E-state index in [4.69, 9.17) is 36.2 Å². The van der Waals surface area contributed by atoms with Gasteiger partial charge in [-0.05, 0) is 86.0 Å². The highest BCUT2D eigenvalue weighted by Crippen LogP contribution is 2.83. The molecule has 3 N–H and O–H groups in total. The van der Waals surface area contributed by atoms with Crippen LogP contribution in [0.2, 0.25) is 0 Å². The molecule has 12 nitrogen and oxygen atoms in total. The normalized spacial score (nSPS) is 22.9. The Hall–Kier alpha value is -2.17. The van der Waals surface area contributed by atoms with Crippen LogP contribution in [-0.4, -0.2) is 52.8 Å². The minimum atomic E-state index is -2.29. The standard InChI is InChI=1S/C115H199O12P3/c1-12-20-26-32-38-44-50-56-62-68-74-86-111(87-75-69-63-57-51-45-39-33-27-21-13-2)113(90-78-72-66-60-54-48-42-36-30-24-16-5,99-84-80-82-97(92-99)108(9,18-7)94-116)101-103-102-105(120-128(119-103)125-110(11)114(102,96-118)107-123-130(124-107)126-110)106-104(101)121-129(122-106)127-112(88-76-70-64-58-52-46-40-34-28-22-14-3,89-77-71-65-59-53-47-41-35-29-23-15-4)115(111,91-79-73-67-61-55-49-43-37-31-25-17-6)100-85-81-83-98(93-100)109(10,19-8)95-117/h80-85,92-93,107,116-118H,12-79,86-91,94-96H2,1-11H3. The molecular weight excluding hydrogens is 1670 g/mol. The van der Waals surface area contributed by atoms with Crippen LogP contribution in [0.5, 0.6) is 23.0 Å². The van der Waals surface area contributed by atoms with Crippen molar-refractivity contribution < 1.29 is 56.0 Å². The van der Waals surface area contributed by atoms with Crippen molar-refractivity contribution in [3.05, 3.63) is 81.9 Å². The Kier molecular flexibility index (Phi) is 52.1. The summed E-state index contributed by atoms with van der Waals surface area (Å²) < 4.78 is 69.3. The maximum Gasteiger partial charge on any atom is 0.465 e. The molecule has 3 aromatic rings. The molecule has 8 aliphatic rings. The Balaban J connectivity index is 1.45. The maximum absolute atomic E-state index is 13.1. The van der Waals surface area contributed by atoms with Crippen molar-refractivity contribution >= 4 is 25.8 Å². The van der Waals surface area contributed by atoms with Crippen LogP contribution < -0.4 is 18.1 Å². The van der Waals surface area contributed by atoms with Gasteiger partial charge in [0.25, 0.3) is 0 Å². The third kappa shape index (κ3) is 29.5. The fraction of sp³-hybridized carbons (Fsp3) is 0.843. The van der Waals surface area contributed by atoms with Crippen LogP contribution in [0, 0.1) is 5.41 Å². The Bertz CT molecular complexity index is 3430. The summed E-state index contributed by atoms with van der Waals surface area (Å²) in [6, 6.07) is 20.1. The quantitative estimate of drug-likeness (QED) is 0.0366. The predicted molar refractivity (Wildman–Crippen MR) is 553 cm³/mol. The van der Waals surface area contributed by atoms with E-state index >= 15 is 0 Å². The number of unbranched alkanes of at least 4 members (excludes halogenated alkanes) is 60. The number of hydrogen-bond acceptors (Lipinski definition) is 12. The lowest BCUT2D eigenvalue weighted by molar-refractivity contribution is -0.310. The van der Waals surface area contributed by atoms with Crippen LogP contribution in [0.4, 0.5) is 0 Å². The van der Waals surface area contributed by atoms with Crippen LogP contribution >= 0.6 is 25.8 Å². The lowest BCUT2D eigenvalue weighted by Crippen LogP contribution is -2.69. The molecule has 0 aromatic heterocycles. The van der Waals surface area contributed by atoms with E-state index in [9.17, 15) is 19.8 Å². The van der Waals surface area contributed by atoms with Gasteiger partial charge in [-0.25, -0.2) is 0 Å². The van der Waals surface area contributed by atoms with E-state index in [-0.39, 0.29) is 13.2 Å². The second-order valence-electron chi connectivity index (χ2n) is 42.9. The average Bonchev–Trinajstić information content (AvgIpc) is 1.36. The second-order valence-corrected chi connectivity index (χ2v) is 45.9. The van der Waals surface area contributed by atoms with E-state index in [1.165, 1.54) is 357 Å². The molecule has 8 bridgehead atoms. The first kappa shape index (κ1) is 111. The summed E-state index contributed by atoms with van der Waals surface area (Å²) in [7, 11) is -6.36. The highest BCUT2D eigenvalue weighted by Gasteiger charge is 2.78. The Morgan fingerprint density at radius 1 is 0.300 bits per heavy atom. The first-order valence-corrected chi connectivity index (χ1v) is 59.8. The molecule has 8 atom stereocenters. The maximum atomic E-state index is 13.1. The van der Waals surface area contributed by atoms with Crippen molar-refractivity contribution in [2.75, 3.05) is 19.8 Å². The molecule has 746 valence electrons. The molecule has 8 aliphatic heterocycles. The van der Waals surface area contributed by atoms with Crippen LogP contribution in [0.25, 0.3) is 0 Å². The number of hydrogen-bond donors (Lipinski definition) is 3. The van der Waals surface area contributed by atoms with Crippen molar-refractivity contribution in [3.63, 3.8) is 0 Å². The van der Waals surface area contributed by atoms with Gasteiger partial charge in [-0.15, -0.1) is 0 Å². The highest BCUT2D eigenvalue weighted by molar-refractivity contribution is 7.44. The van der Waals surface area contributed by atoms with Gasteiger partial charge < -0.3 is 33.4 Å². The van der Waals surface area contributed by atoms with Crippen molar-refractivity contribution in [3.8, 4) is 23.0 Å². The van der Waals surface area contributed by atoms with Gasteiger partial charge in [0.1, 0.15) is 11.2 Å². The SMILES string of the molecule is CCCCCCCCCCCCCC1(CCCCCCCCCCCCC)OP2Oc3c(c(c4c5c3OP(O4)OC3(C)OP4OC(O4)C53CO)C(CCCCCCCCCCCCC)(c3cccc(C(C)(CC)CO)c3)C(CCCCCCCCCCCCC)(CCCCCCCCCCCCC)C1(CCCCCCCCCCCCC)c1cccc(C(C)(CC)CO)c1)O2. The van der Waals surface area contributed by atoms with Crippen molar-refractivity contribution in [2.45, 2.75) is 596 Å². The van der Waals surface area contributed by atoms with E-state index in [1.807, 2.05) is 6.92 Å². The molecule has 0 amide bonds. The topological polar surface area (TPSA) is 144 Å². The van der Waals surface area contributed by atoms with Crippen molar-refractivity contribution in [1.29, 1.82) is 0 Å². The molecule has 8 heterocycles. The van der Waals surface area contributed by atoms with Gasteiger partial charge in [-0.2, -0.15) is 0 Å². The number of fused-ring (bicyclic) bond motifs is 1. The summed E-state index contributed by atoms with van der Waals surface area (Å²) in [5.41, 5.74) is 0.306. The summed E-state index contributed by atoms with van der Waals surface area (Å²) >= 11 is 0. The molecule has 3 saturated heterocycles. The smallest absolute Gasteiger partial charge is 0.417 e. The van der Waals surface area contributed by atoms with Crippen LogP contribution in [0.15, 0.2) is 48.5 Å². The predicted octanol–water partition coefficient (Wildman–Crippen LogP) is 37.8. The molecule has 3 aromatic carbocycles. The molecular formula is C115H199O12P3. The van der Waals surface area contributed by atoms with Crippen LogP contribution in [-0.2, 0) is 49.7 Å². The first-order chi connectivity index (χ1) is 63.6. The second kappa shape index (κ2) is 60.7. The minimum absolute atomic E-state index is 0.00294. The van der Waals surface area contributed by atoms with Gasteiger partial charge >= 0.3 is 25.8 Å². The number of aliphatic hydroxyl groups excluding tert-OH is 3.